The summed E-state index contributed by atoms with van der Waals surface area (Å²) in [5, 5.41) is 2.25. The highest BCUT2D eigenvalue weighted by Gasteiger charge is 2.42. The third-order valence-corrected chi connectivity index (χ3v) is 7.97. The van der Waals surface area contributed by atoms with E-state index < -0.39 is 8.32 Å². The van der Waals surface area contributed by atoms with Crippen LogP contribution < -0.4 is 10.4 Å². The number of hydrogen-bond donors (Lipinski definition) is 0. The maximum atomic E-state index is 12.3. The number of carbonyl (C=O) groups excluding carboxylic acids is 1. The molecule has 3 heteroatoms. The number of benzene rings is 2. The fourth-order valence-corrected chi connectivity index (χ4v) is 6.54. The Morgan fingerprint density at radius 1 is 1.00 bits per heavy atom. The van der Waals surface area contributed by atoms with Crippen molar-refractivity contribution < 1.29 is 9.22 Å². The van der Waals surface area contributed by atoms with E-state index in [-0.39, 0.29) is 5.97 Å². The highest BCUT2D eigenvalue weighted by Crippen LogP contribution is 2.17. The van der Waals surface area contributed by atoms with Crippen LogP contribution in [0.5, 0.6) is 0 Å². The second kappa shape index (κ2) is 7.23. The van der Waals surface area contributed by atoms with Crippen LogP contribution in [0.3, 0.4) is 0 Å². The van der Waals surface area contributed by atoms with E-state index in [1.807, 2.05) is 36.4 Å². The van der Waals surface area contributed by atoms with Gasteiger partial charge in [-0.2, -0.15) is 0 Å². The van der Waals surface area contributed by atoms with Gasteiger partial charge in [-0.25, -0.2) is 4.79 Å². The van der Waals surface area contributed by atoms with E-state index in [4.69, 9.17) is 4.43 Å². The van der Waals surface area contributed by atoms with Gasteiger partial charge in [0.05, 0.1) is 0 Å². The average Bonchev–Trinajstić information content (AvgIpc) is 2.55. The molecule has 0 atom stereocenters. The molecule has 2 aromatic carbocycles. The Morgan fingerprint density at radius 2 is 1.45 bits per heavy atom. The summed E-state index contributed by atoms with van der Waals surface area (Å²) in [7, 11) is -2.58. The molecule has 22 heavy (non-hydrogen) atoms. The van der Waals surface area contributed by atoms with Crippen LogP contribution in [0.15, 0.2) is 72.8 Å². The SMILES string of the molecule is C=C(C)C(=O)O[Si](CCC)(c1ccccc1)c1ccccc1. The molecule has 114 valence electrons. The summed E-state index contributed by atoms with van der Waals surface area (Å²) in [6, 6.07) is 21.1. The van der Waals surface area contributed by atoms with Gasteiger partial charge in [0.2, 0.25) is 0 Å². The van der Waals surface area contributed by atoms with E-state index in [9.17, 15) is 4.79 Å². The molecule has 0 spiro atoms. The molecule has 0 fully saturated rings. The van der Waals surface area contributed by atoms with Gasteiger partial charge in [-0.3, -0.25) is 0 Å². The maximum absolute atomic E-state index is 12.3. The van der Waals surface area contributed by atoms with Crippen LogP contribution in [0.25, 0.3) is 0 Å². The first-order valence-corrected chi connectivity index (χ1v) is 9.71. The minimum Gasteiger partial charge on any atom is -0.507 e. The quantitative estimate of drug-likeness (QED) is 0.604. The van der Waals surface area contributed by atoms with Crippen molar-refractivity contribution in [2.24, 2.45) is 0 Å². The molecule has 0 saturated heterocycles. The van der Waals surface area contributed by atoms with Crippen LogP contribution >= 0.6 is 0 Å². The molecule has 0 aliphatic rings. The van der Waals surface area contributed by atoms with Gasteiger partial charge in [0.25, 0.3) is 0 Å². The summed E-state index contributed by atoms with van der Waals surface area (Å²) in [5.74, 6) is -0.298. The molecular formula is C19H22O2Si. The predicted molar refractivity (Wildman–Crippen MR) is 93.9 cm³/mol. The van der Waals surface area contributed by atoms with Crippen molar-refractivity contribution in [1.29, 1.82) is 0 Å². The Morgan fingerprint density at radius 3 is 1.82 bits per heavy atom. The highest BCUT2D eigenvalue weighted by molar-refractivity contribution is 6.98. The van der Waals surface area contributed by atoms with Gasteiger partial charge in [-0.05, 0) is 23.3 Å². The third-order valence-electron chi connectivity index (χ3n) is 3.70. The Labute approximate surface area is 133 Å². The van der Waals surface area contributed by atoms with Gasteiger partial charge in [-0.15, -0.1) is 0 Å². The monoisotopic (exact) mass is 310 g/mol. The van der Waals surface area contributed by atoms with Crippen LogP contribution in [0, 0.1) is 0 Å². The van der Waals surface area contributed by atoms with Crippen molar-refractivity contribution in [3.63, 3.8) is 0 Å². The summed E-state index contributed by atoms with van der Waals surface area (Å²) in [4.78, 5) is 12.3. The summed E-state index contributed by atoms with van der Waals surface area (Å²) in [5.41, 5.74) is 0.444. The van der Waals surface area contributed by atoms with Crippen molar-refractivity contribution >= 4 is 24.7 Å². The molecule has 0 aliphatic heterocycles. The fraction of sp³-hybridized carbons (Fsp3) is 0.211. The van der Waals surface area contributed by atoms with Crippen LogP contribution in [-0.2, 0) is 9.22 Å². The van der Waals surface area contributed by atoms with Crippen LogP contribution in [0.1, 0.15) is 20.3 Å². The second-order valence-corrected chi connectivity index (χ2v) is 8.99. The molecule has 2 aromatic rings. The number of carbonyl (C=O) groups is 1. The summed E-state index contributed by atoms with van der Waals surface area (Å²) in [6.45, 7) is 7.56. The van der Waals surface area contributed by atoms with E-state index in [2.05, 4.69) is 37.8 Å². The lowest BCUT2D eigenvalue weighted by atomic mass is 10.4. The predicted octanol–water partition coefficient (Wildman–Crippen LogP) is 3.28. The van der Waals surface area contributed by atoms with E-state index in [1.165, 1.54) is 0 Å². The Kier molecular flexibility index (Phi) is 5.34. The van der Waals surface area contributed by atoms with Gasteiger partial charge in [-0.1, -0.05) is 80.6 Å². The lowest BCUT2D eigenvalue weighted by Gasteiger charge is -2.31. The zero-order valence-corrected chi connectivity index (χ0v) is 14.2. The summed E-state index contributed by atoms with van der Waals surface area (Å²) < 4.78 is 6.11. The van der Waals surface area contributed by atoms with Crippen molar-refractivity contribution in [2.75, 3.05) is 0 Å². The molecule has 0 N–H and O–H groups in total. The molecule has 0 aliphatic carbocycles. The van der Waals surface area contributed by atoms with Crippen LogP contribution in [0.2, 0.25) is 6.04 Å². The topological polar surface area (TPSA) is 26.3 Å². The van der Waals surface area contributed by atoms with E-state index in [0.717, 1.165) is 22.8 Å². The standard InChI is InChI=1S/C19H22O2Si/c1-4-15-22(21-19(20)16(2)3,17-11-7-5-8-12-17)18-13-9-6-10-14-18/h5-14H,2,4,15H2,1,3H3. The molecule has 2 rings (SSSR count). The summed E-state index contributed by atoms with van der Waals surface area (Å²) in [6.07, 6.45) is 0.958. The van der Waals surface area contributed by atoms with E-state index >= 15 is 0 Å². The number of hydrogen-bond acceptors (Lipinski definition) is 2. The highest BCUT2D eigenvalue weighted by atomic mass is 28.4. The second-order valence-electron chi connectivity index (χ2n) is 5.48. The molecule has 0 bridgehead atoms. The van der Waals surface area contributed by atoms with Gasteiger partial charge in [0, 0.05) is 5.57 Å². The zero-order chi connectivity index (χ0) is 16.0. The Balaban J connectivity index is 2.59. The minimum absolute atomic E-state index is 0.298. The molecule has 0 radical (unpaired) electrons. The molecule has 0 heterocycles. The molecular weight excluding hydrogens is 288 g/mol. The molecule has 0 saturated carbocycles. The first kappa shape index (κ1) is 16.2. The third kappa shape index (κ3) is 3.36. The normalized spacial score (nSPS) is 11.0. The van der Waals surface area contributed by atoms with Crippen LogP contribution in [0.4, 0.5) is 0 Å². The smallest absolute Gasteiger partial charge is 0.320 e. The first-order valence-electron chi connectivity index (χ1n) is 7.60. The van der Waals surface area contributed by atoms with Gasteiger partial charge in [0.15, 0.2) is 0 Å². The molecule has 2 nitrogen and oxygen atoms in total. The zero-order valence-electron chi connectivity index (χ0n) is 13.2. The first-order chi connectivity index (χ1) is 10.6. The Hall–Kier alpha value is -2.13. The van der Waals surface area contributed by atoms with E-state index in [1.54, 1.807) is 6.92 Å². The minimum atomic E-state index is -2.58. The Bertz CT molecular complexity index is 595. The molecule has 0 unspecified atom stereocenters. The van der Waals surface area contributed by atoms with Crippen molar-refractivity contribution in [1.82, 2.24) is 0 Å². The maximum Gasteiger partial charge on any atom is 0.320 e. The lowest BCUT2D eigenvalue weighted by molar-refractivity contribution is -0.130. The summed E-state index contributed by atoms with van der Waals surface area (Å²) >= 11 is 0. The van der Waals surface area contributed by atoms with Crippen LogP contribution in [-0.4, -0.2) is 14.3 Å². The number of rotatable bonds is 6. The average molecular weight is 310 g/mol. The molecule has 0 aromatic heterocycles. The van der Waals surface area contributed by atoms with Gasteiger partial charge in [0.1, 0.15) is 0 Å². The largest absolute Gasteiger partial charge is 0.507 e. The fourth-order valence-electron chi connectivity index (χ4n) is 2.64. The van der Waals surface area contributed by atoms with Crippen molar-refractivity contribution in [2.45, 2.75) is 26.3 Å². The van der Waals surface area contributed by atoms with Crippen molar-refractivity contribution in [3.8, 4) is 0 Å². The lowest BCUT2D eigenvalue weighted by Crippen LogP contribution is -2.61. The molecule has 0 amide bonds. The van der Waals surface area contributed by atoms with Crippen molar-refractivity contribution in [3.05, 3.63) is 72.8 Å². The van der Waals surface area contributed by atoms with Gasteiger partial charge >= 0.3 is 14.3 Å². The van der Waals surface area contributed by atoms with E-state index in [0.29, 0.717) is 5.57 Å². The van der Waals surface area contributed by atoms with Gasteiger partial charge < -0.3 is 4.43 Å².